The van der Waals surface area contributed by atoms with E-state index in [2.05, 4.69) is 60.0 Å². The summed E-state index contributed by atoms with van der Waals surface area (Å²) in [5.74, 6) is 1.70. The molecular formula is C22H37N3. The molecule has 140 valence electrons. The van der Waals surface area contributed by atoms with Crippen molar-refractivity contribution in [3.8, 4) is 0 Å². The predicted molar refractivity (Wildman–Crippen MR) is 107 cm³/mol. The fraction of sp³-hybridized carbons (Fsp3) is 0.727. The molecule has 1 aromatic carbocycles. The Kier molecular flexibility index (Phi) is 6.92. The highest BCUT2D eigenvalue weighted by molar-refractivity contribution is 5.27. The molecule has 0 aromatic heterocycles. The summed E-state index contributed by atoms with van der Waals surface area (Å²) < 4.78 is 0. The number of likely N-dealkylation sites (N-methyl/N-ethyl adjacent to an activating group) is 2. The van der Waals surface area contributed by atoms with Crippen LogP contribution in [0.2, 0.25) is 0 Å². The van der Waals surface area contributed by atoms with Crippen molar-refractivity contribution < 1.29 is 0 Å². The monoisotopic (exact) mass is 343 g/mol. The number of hydrogen-bond donors (Lipinski definition) is 0. The van der Waals surface area contributed by atoms with Gasteiger partial charge in [-0.15, -0.1) is 0 Å². The first-order chi connectivity index (χ1) is 12.1. The fourth-order valence-corrected chi connectivity index (χ4v) is 4.28. The van der Waals surface area contributed by atoms with Crippen molar-refractivity contribution in [2.24, 2.45) is 5.92 Å². The smallest absolute Gasteiger partial charge is 0.0233 e. The molecule has 3 rings (SSSR count). The van der Waals surface area contributed by atoms with Crippen molar-refractivity contribution in [1.29, 1.82) is 0 Å². The minimum atomic E-state index is 0.803. The van der Waals surface area contributed by atoms with E-state index in [0.29, 0.717) is 0 Å². The number of hydrogen-bond acceptors (Lipinski definition) is 3. The van der Waals surface area contributed by atoms with E-state index < -0.39 is 0 Å². The molecule has 0 N–H and O–H groups in total. The maximum atomic E-state index is 2.58. The summed E-state index contributed by atoms with van der Waals surface area (Å²) in [7, 11) is 4.49. The first-order valence-electron chi connectivity index (χ1n) is 10.3. The Labute approximate surface area is 155 Å². The zero-order valence-electron chi connectivity index (χ0n) is 16.6. The van der Waals surface area contributed by atoms with Crippen LogP contribution in [0, 0.1) is 5.92 Å². The quantitative estimate of drug-likeness (QED) is 0.677. The summed E-state index contributed by atoms with van der Waals surface area (Å²) in [6.07, 6.45) is 5.51. The molecule has 0 atom stereocenters. The van der Waals surface area contributed by atoms with Gasteiger partial charge in [0.1, 0.15) is 0 Å². The Balaban J connectivity index is 1.37. The maximum absolute atomic E-state index is 2.58. The van der Waals surface area contributed by atoms with Crippen LogP contribution in [0.15, 0.2) is 24.3 Å². The second-order valence-electron chi connectivity index (χ2n) is 8.42. The molecule has 2 fully saturated rings. The highest BCUT2D eigenvalue weighted by Gasteiger charge is 2.30. The van der Waals surface area contributed by atoms with Crippen LogP contribution in [0.5, 0.6) is 0 Å². The van der Waals surface area contributed by atoms with Crippen LogP contribution in [-0.4, -0.2) is 68.1 Å². The SMILES string of the molecule is CCN(C)CCN(C)C[C@H]1C[C@H](c2ccc(CN3CCCC3)cc2)C1. The lowest BCUT2D eigenvalue weighted by Crippen LogP contribution is -2.37. The van der Waals surface area contributed by atoms with E-state index in [1.54, 1.807) is 5.56 Å². The third-order valence-corrected chi connectivity index (χ3v) is 6.26. The largest absolute Gasteiger partial charge is 0.305 e. The topological polar surface area (TPSA) is 9.72 Å². The first-order valence-corrected chi connectivity index (χ1v) is 10.3. The number of rotatable bonds is 9. The van der Waals surface area contributed by atoms with Gasteiger partial charge in [0.05, 0.1) is 0 Å². The summed E-state index contributed by atoms with van der Waals surface area (Å²) in [6.45, 7) is 10.7. The first kappa shape index (κ1) is 18.9. The lowest BCUT2D eigenvalue weighted by molar-refractivity contribution is 0.169. The van der Waals surface area contributed by atoms with Gasteiger partial charge in [-0.25, -0.2) is 0 Å². The van der Waals surface area contributed by atoms with Gasteiger partial charge in [0, 0.05) is 26.2 Å². The second kappa shape index (κ2) is 9.16. The lowest BCUT2D eigenvalue weighted by Gasteiger charge is -2.38. The summed E-state index contributed by atoms with van der Waals surface area (Å²) in [4.78, 5) is 7.50. The third kappa shape index (κ3) is 5.54. The number of likely N-dealkylation sites (tertiary alicyclic amines) is 1. The van der Waals surface area contributed by atoms with Gasteiger partial charge in [-0.2, -0.15) is 0 Å². The molecular weight excluding hydrogens is 306 g/mol. The van der Waals surface area contributed by atoms with Gasteiger partial charge in [0.25, 0.3) is 0 Å². The van der Waals surface area contributed by atoms with Crippen LogP contribution in [0.4, 0.5) is 0 Å². The standard InChI is InChI=1S/C22H37N3/c1-4-23(2)13-14-24(3)17-20-15-22(16-20)21-9-7-19(8-10-21)18-25-11-5-6-12-25/h7-10,20,22H,4-6,11-18H2,1-3H3/t20-,22-. The van der Waals surface area contributed by atoms with Crippen LogP contribution in [-0.2, 0) is 6.54 Å². The molecule has 1 heterocycles. The van der Waals surface area contributed by atoms with E-state index in [-0.39, 0.29) is 0 Å². The molecule has 1 saturated heterocycles. The normalized spacial score (nSPS) is 24.2. The van der Waals surface area contributed by atoms with Crippen LogP contribution in [0.3, 0.4) is 0 Å². The van der Waals surface area contributed by atoms with Crippen molar-refractivity contribution in [3.63, 3.8) is 0 Å². The third-order valence-electron chi connectivity index (χ3n) is 6.26. The zero-order chi connectivity index (χ0) is 17.6. The molecule has 0 radical (unpaired) electrons. The molecule has 3 nitrogen and oxygen atoms in total. The van der Waals surface area contributed by atoms with Crippen LogP contribution >= 0.6 is 0 Å². The van der Waals surface area contributed by atoms with Crippen molar-refractivity contribution in [3.05, 3.63) is 35.4 Å². The maximum Gasteiger partial charge on any atom is 0.0233 e. The summed E-state index contributed by atoms with van der Waals surface area (Å²) >= 11 is 0. The number of nitrogens with zero attached hydrogens (tertiary/aromatic N) is 3. The minimum Gasteiger partial charge on any atom is -0.305 e. The molecule has 1 aliphatic carbocycles. The Morgan fingerprint density at radius 1 is 0.960 bits per heavy atom. The van der Waals surface area contributed by atoms with Gasteiger partial charge in [-0.1, -0.05) is 31.2 Å². The van der Waals surface area contributed by atoms with Crippen molar-refractivity contribution in [1.82, 2.24) is 14.7 Å². The van der Waals surface area contributed by atoms with Gasteiger partial charge in [-0.05, 0) is 82.4 Å². The summed E-state index contributed by atoms with van der Waals surface area (Å²) in [5.41, 5.74) is 3.05. The summed E-state index contributed by atoms with van der Waals surface area (Å²) in [5, 5.41) is 0. The lowest BCUT2D eigenvalue weighted by atomic mass is 9.71. The molecule has 3 heteroatoms. The van der Waals surface area contributed by atoms with E-state index in [0.717, 1.165) is 24.9 Å². The highest BCUT2D eigenvalue weighted by atomic mass is 15.2. The van der Waals surface area contributed by atoms with E-state index in [4.69, 9.17) is 0 Å². The van der Waals surface area contributed by atoms with Crippen LogP contribution < -0.4 is 0 Å². The molecule has 0 amide bonds. The molecule has 0 bridgehead atoms. The van der Waals surface area contributed by atoms with Crippen molar-refractivity contribution >= 4 is 0 Å². The van der Waals surface area contributed by atoms with Gasteiger partial charge in [0.2, 0.25) is 0 Å². The van der Waals surface area contributed by atoms with E-state index in [1.165, 1.54) is 64.0 Å². The fourth-order valence-electron chi connectivity index (χ4n) is 4.28. The Morgan fingerprint density at radius 3 is 2.24 bits per heavy atom. The Morgan fingerprint density at radius 2 is 1.60 bits per heavy atom. The van der Waals surface area contributed by atoms with E-state index >= 15 is 0 Å². The number of benzene rings is 1. The van der Waals surface area contributed by atoms with Gasteiger partial charge < -0.3 is 9.80 Å². The Hall–Kier alpha value is -0.900. The van der Waals surface area contributed by atoms with Gasteiger partial charge in [-0.3, -0.25) is 4.90 Å². The molecule has 25 heavy (non-hydrogen) atoms. The zero-order valence-corrected chi connectivity index (χ0v) is 16.6. The summed E-state index contributed by atoms with van der Waals surface area (Å²) in [6, 6.07) is 9.53. The molecule has 0 unspecified atom stereocenters. The van der Waals surface area contributed by atoms with Gasteiger partial charge in [0.15, 0.2) is 0 Å². The minimum absolute atomic E-state index is 0.803. The van der Waals surface area contributed by atoms with Crippen LogP contribution in [0.25, 0.3) is 0 Å². The van der Waals surface area contributed by atoms with E-state index in [9.17, 15) is 0 Å². The van der Waals surface area contributed by atoms with E-state index in [1.807, 2.05) is 0 Å². The molecule has 2 aliphatic rings. The van der Waals surface area contributed by atoms with Gasteiger partial charge >= 0.3 is 0 Å². The average molecular weight is 344 g/mol. The molecule has 0 spiro atoms. The van der Waals surface area contributed by atoms with Crippen molar-refractivity contribution in [2.45, 2.75) is 45.1 Å². The predicted octanol–water partition coefficient (Wildman–Crippen LogP) is 3.66. The molecule has 1 aromatic rings. The Bertz CT molecular complexity index is 501. The second-order valence-corrected chi connectivity index (χ2v) is 8.42. The average Bonchev–Trinajstić information content (AvgIpc) is 3.09. The van der Waals surface area contributed by atoms with Crippen molar-refractivity contribution in [2.75, 3.05) is 53.4 Å². The molecule has 1 saturated carbocycles. The van der Waals surface area contributed by atoms with Crippen LogP contribution in [0.1, 0.15) is 49.7 Å². The highest BCUT2D eigenvalue weighted by Crippen LogP contribution is 2.41. The molecule has 1 aliphatic heterocycles.